The highest BCUT2D eigenvalue weighted by Crippen LogP contribution is 2.53. The third kappa shape index (κ3) is 6.94. The summed E-state index contributed by atoms with van der Waals surface area (Å²) in [7, 11) is 0. The zero-order chi connectivity index (χ0) is 26.3. The number of aromatic amines is 1. The van der Waals surface area contributed by atoms with Crippen LogP contribution in [-0.2, 0) is 20.1 Å². The van der Waals surface area contributed by atoms with E-state index in [9.17, 15) is 24.3 Å². The van der Waals surface area contributed by atoms with Crippen molar-refractivity contribution in [2.24, 2.45) is 0 Å². The van der Waals surface area contributed by atoms with E-state index >= 15 is 0 Å². The Kier molecular flexibility index (Phi) is 9.26. The SMILES string of the molecule is Nc1nc(N)c(CCCC2(c3ccc(C(=O)NC(CCC(=O)O)C(=O)O)cc3)SCCCS2)c(=O)[nH]1. The summed E-state index contributed by atoms with van der Waals surface area (Å²) in [5.74, 6) is -0.929. The molecule has 0 aliphatic carbocycles. The Morgan fingerprint density at radius 1 is 1.14 bits per heavy atom. The van der Waals surface area contributed by atoms with Gasteiger partial charge in [-0.15, -0.1) is 23.5 Å². The number of nitrogens with zero attached hydrogens (tertiary/aromatic N) is 1. The summed E-state index contributed by atoms with van der Waals surface area (Å²) in [6.45, 7) is 0. The molecule has 2 heterocycles. The van der Waals surface area contributed by atoms with E-state index in [2.05, 4.69) is 15.3 Å². The van der Waals surface area contributed by atoms with Crippen LogP contribution in [0.5, 0.6) is 0 Å². The van der Waals surface area contributed by atoms with Gasteiger partial charge in [-0.25, -0.2) is 4.79 Å². The first-order valence-electron chi connectivity index (χ1n) is 11.4. The molecular weight excluding hydrogens is 506 g/mol. The number of hydrogen-bond acceptors (Lipinski definition) is 9. The lowest BCUT2D eigenvalue weighted by Gasteiger charge is -2.37. The van der Waals surface area contributed by atoms with Gasteiger partial charge >= 0.3 is 11.9 Å². The molecule has 0 radical (unpaired) electrons. The number of nitrogens with one attached hydrogen (secondary N) is 2. The molecule has 1 atom stereocenters. The van der Waals surface area contributed by atoms with Crippen molar-refractivity contribution in [3.05, 3.63) is 51.3 Å². The second kappa shape index (κ2) is 12.2. The third-order valence-corrected chi connectivity index (χ3v) is 9.30. The molecule has 1 aromatic carbocycles. The van der Waals surface area contributed by atoms with E-state index in [1.165, 1.54) is 0 Å². The fraction of sp³-hybridized carbons (Fsp3) is 0.435. The number of nitrogen functional groups attached to an aromatic ring is 2. The largest absolute Gasteiger partial charge is 0.481 e. The summed E-state index contributed by atoms with van der Waals surface area (Å²) in [6.07, 6.45) is 2.40. The number of nitrogens with two attached hydrogens (primary N) is 2. The topological polar surface area (TPSA) is 201 Å². The fourth-order valence-corrected chi connectivity index (χ4v) is 7.38. The molecule has 0 spiro atoms. The van der Waals surface area contributed by atoms with Gasteiger partial charge in [0.25, 0.3) is 11.5 Å². The molecule has 2 aromatic rings. The first kappa shape index (κ1) is 27.4. The zero-order valence-electron chi connectivity index (χ0n) is 19.5. The molecule has 1 aliphatic heterocycles. The van der Waals surface area contributed by atoms with Gasteiger partial charge in [-0.3, -0.25) is 19.4 Å². The minimum Gasteiger partial charge on any atom is -0.481 e. The average Bonchev–Trinajstić information content (AvgIpc) is 2.83. The maximum Gasteiger partial charge on any atom is 0.326 e. The molecule has 13 heteroatoms. The average molecular weight is 536 g/mol. The smallest absolute Gasteiger partial charge is 0.326 e. The Bertz CT molecular complexity index is 1160. The summed E-state index contributed by atoms with van der Waals surface area (Å²) in [5.41, 5.74) is 12.8. The van der Waals surface area contributed by atoms with Crippen LogP contribution in [0.3, 0.4) is 0 Å². The van der Waals surface area contributed by atoms with Gasteiger partial charge in [0, 0.05) is 12.0 Å². The minimum absolute atomic E-state index is 0.0169. The molecule has 3 rings (SSSR count). The zero-order valence-corrected chi connectivity index (χ0v) is 21.1. The van der Waals surface area contributed by atoms with Gasteiger partial charge < -0.3 is 27.0 Å². The maximum absolute atomic E-state index is 12.6. The highest BCUT2D eigenvalue weighted by Gasteiger charge is 2.35. The van der Waals surface area contributed by atoms with Crippen LogP contribution in [-0.4, -0.2) is 55.6 Å². The number of aromatic nitrogens is 2. The highest BCUT2D eigenvalue weighted by molar-refractivity contribution is 8.18. The number of carbonyl (C=O) groups is 3. The first-order valence-corrected chi connectivity index (χ1v) is 13.4. The maximum atomic E-state index is 12.6. The van der Waals surface area contributed by atoms with E-state index in [0.717, 1.165) is 29.9 Å². The molecule has 1 saturated heterocycles. The second-order valence-corrected chi connectivity index (χ2v) is 11.4. The Labute approximate surface area is 215 Å². The quantitative estimate of drug-likeness (QED) is 0.246. The summed E-state index contributed by atoms with van der Waals surface area (Å²) < 4.78 is -0.263. The normalized spacial score (nSPS) is 15.7. The molecule has 1 fully saturated rings. The Balaban J connectivity index is 1.71. The van der Waals surface area contributed by atoms with Crippen molar-refractivity contribution >= 4 is 53.1 Å². The summed E-state index contributed by atoms with van der Waals surface area (Å²) in [6, 6.07) is 5.72. The van der Waals surface area contributed by atoms with Crippen molar-refractivity contribution in [3.63, 3.8) is 0 Å². The van der Waals surface area contributed by atoms with Crippen molar-refractivity contribution in [2.45, 2.75) is 48.6 Å². The predicted octanol–water partition coefficient (Wildman–Crippen LogP) is 2.03. The number of thioether (sulfide) groups is 2. The van der Waals surface area contributed by atoms with Gasteiger partial charge in [0.05, 0.1) is 9.64 Å². The Morgan fingerprint density at radius 2 is 1.81 bits per heavy atom. The number of carboxylic acids is 2. The van der Waals surface area contributed by atoms with Crippen molar-refractivity contribution in [2.75, 3.05) is 23.0 Å². The van der Waals surface area contributed by atoms with Crippen LogP contribution >= 0.6 is 23.5 Å². The monoisotopic (exact) mass is 535 g/mol. The minimum atomic E-state index is -1.29. The number of carbonyl (C=O) groups excluding carboxylic acids is 1. The Morgan fingerprint density at radius 3 is 2.39 bits per heavy atom. The lowest BCUT2D eigenvalue weighted by atomic mass is 10.0. The van der Waals surface area contributed by atoms with Crippen molar-refractivity contribution in [3.8, 4) is 0 Å². The lowest BCUT2D eigenvalue weighted by Crippen LogP contribution is -2.41. The summed E-state index contributed by atoms with van der Waals surface area (Å²) in [5, 5.41) is 20.5. The number of carboxylic acid groups (broad SMARTS) is 2. The van der Waals surface area contributed by atoms with E-state index in [1.807, 2.05) is 35.7 Å². The molecule has 1 aromatic heterocycles. The molecule has 8 N–H and O–H groups in total. The van der Waals surface area contributed by atoms with Crippen LogP contribution in [0.1, 0.15) is 53.6 Å². The molecule has 36 heavy (non-hydrogen) atoms. The van der Waals surface area contributed by atoms with Crippen molar-refractivity contribution < 1.29 is 24.6 Å². The van der Waals surface area contributed by atoms with Crippen LogP contribution in [0.4, 0.5) is 11.8 Å². The van der Waals surface area contributed by atoms with Crippen LogP contribution in [0.25, 0.3) is 0 Å². The van der Waals surface area contributed by atoms with Crippen molar-refractivity contribution in [1.82, 2.24) is 15.3 Å². The van der Waals surface area contributed by atoms with Gasteiger partial charge in [-0.2, -0.15) is 4.98 Å². The van der Waals surface area contributed by atoms with Crippen molar-refractivity contribution in [1.29, 1.82) is 0 Å². The van der Waals surface area contributed by atoms with E-state index in [0.29, 0.717) is 18.4 Å². The molecule has 0 saturated carbocycles. The fourth-order valence-electron chi connectivity index (χ4n) is 3.95. The van der Waals surface area contributed by atoms with E-state index in [4.69, 9.17) is 16.6 Å². The molecule has 0 bridgehead atoms. The van der Waals surface area contributed by atoms with Crippen LogP contribution in [0.15, 0.2) is 29.1 Å². The van der Waals surface area contributed by atoms with Gasteiger partial charge in [0.15, 0.2) is 0 Å². The van der Waals surface area contributed by atoms with Gasteiger partial charge in [-0.1, -0.05) is 12.1 Å². The number of benzene rings is 1. The van der Waals surface area contributed by atoms with Crippen LogP contribution in [0, 0.1) is 0 Å². The number of H-pyrrole nitrogens is 1. The standard InChI is InChI=1S/C23H29N5O6S2/c24-18-15(20(32)28-22(25)27-18)3-1-10-23(35-11-2-12-36-23)14-6-4-13(5-7-14)19(31)26-16(21(33)34)8-9-17(29)30/h4-7,16H,1-3,8-12H2,(H,26,31)(H,29,30)(H,33,34)(H5,24,25,27,28,32). The van der Waals surface area contributed by atoms with E-state index in [-0.39, 0.29) is 39.8 Å². The summed E-state index contributed by atoms with van der Waals surface area (Å²) >= 11 is 3.65. The molecule has 1 aliphatic rings. The Hall–Kier alpha value is -3.19. The molecule has 194 valence electrons. The third-order valence-electron chi connectivity index (χ3n) is 5.79. The highest BCUT2D eigenvalue weighted by atomic mass is 32.2. The van der Waals surface area contributed by atoms with Gasteiger partial charge in [-0.05, 0) is 61.3 Å². The molecule has 11 nitrogen and oxygen atoms in total. The lowest BCUT2D eigenvalue weighted by molar-refractivity contribution is -0.140. The number of aliphatic carboxylic acids is 2. The number of hydrogen-bond donors (Lipinski definition) is 6. The molecule has 1 unspecified atom stereocenters. The number of anilines is 2. The molecule has 1 amide bonds. The van der Waals surface area contributed by atoms with E-state index < -0.39 is 23.9 Å². The van der Waals surface area contributed by atoms with Gasteiger partial charge in [0.2, 0.25) is 5.95 Å². The van der Waals surface area contributed by atoms with Crippen LogP contribution in [0.2, 0.25) is 0 Å². The van der Waals surface area contributed by atoms with Gasteiger partial charge in [0.1, 0.15) is 11.9 Å². The summed E-state index contributed by atoms with van der Waals surface area (Å²) in [4.78, 5) is 53.4. The number of amides is 1. The van der Waals surface area contributed by atoms with E-state index in [1.54, 1.807) is 12.1 Å². The van der Waals surface area contributed by atoms with Crippen LogP contribution < -0.4 is 22.3 Å². The second-order valence-electron chi connectivity index (χ2n) is 8.35. The number of rotatable bonds is 11. The molecular formula is C23H29N5O6S2. The first-order chi connectivity index (χ1) is 17.1. The predicted molar refractivity (Wildman–Crippen MR) is 140 cm³/mol.